The SMILES string of the molecule is CC(C)c1coc(CC2CNC2)n1. The third kappa shape index (κ3) is 1.91. The van der Waals surface area contributed by atoms with Crippen LogP contribution in [0.1, 0.15) is 31.4 Å². The summed E-state index contributed by atoms with van der Waals surface area (Å²) in [6.45, 7) is 6.48. The van der Waals surface area contributed by atoms with E-state index in [4.69, 9.17) is 4.42 Å². The lowest BCUT2D eigenvalue weighted by atomic mass is 10.00. The summed E-state index contributed by atoms with van der Waals surface area (Å²) in [6, 6.07) is 0. The number of oxazole rings is 1. The molecule has 1 fully saturated rings. The molecule has 0 bridgehead atoms. The van der Waals surface area contributed by atoms with E-state index in [1.807, 2.05) is 0 Å². The monoisotopic (exact) mass is 180 g/mol. The van der Waals surface area contributed by atoms with Gasteiger partial charge in [0.1, 0.15) is 6.26 Å². The van der Waals surface area contributed by atoms with Crippen molar-refractivity contribution in [3.05, 3.63) is 17.8 Å². The van der Waals surface area contributed by atoms with Crippen LogP contribution in [-0.2, 0) is 6.42 Å². The molecule has 1 N–H and O–H groups in total. The molecule has 1 aliphatic rings. The summed E-state index contributed by atoms with van der Waals surface area (Å²) in [5.41, 5.74) is 1.07. The fourth-order valence-corrected chi connectivity index (χ4v) is 1.42. The predicted molar refractivity (Wildman–Crippen MR) is 50.7 cm³/mol. The summed E-state index contributed by atoms with van der Waals surface area (Å²) in [5, 5.41) is 3.24. The first-order valence-electron chi connectivity index (χ1n) is 4.90. The minimum atomic E-state index is 0.469. The minimum Gasteiger partial charge on any atom is -0.449 e. The standard InChI is InChI=1S/C10H16N2O/c1-7(2)9-6-13-10(12-9)3-8-4-11-5-8/h6-8,11H,3-5H2,1-2H3. The van der Waals surface area contributed by atoms with Gasteiger partial charge in [-0.15, -0.1) is 0 Å². The van der Waals surface area contributed by atoms with Crippen molar-refractivity contribution >= 4 is 0 Å². The van der Waals surface area contributed by atoms with Gasteiger partial charge in [0, 0.05) is 6.42 Å². The highest BCUT2D eigenvalue weighted by Gasteiger charge is 2.19. The molecule has 2 rings (SSSR count). The van der Waals surface area contributed by atoms with Crippen molar-refractivity contribution in [2.75, 3.05) is 13.1 Å². The molecule has 3 nitrogen and oxygen atoms in total. The van der Waals surface area contributed by atoms with Crippen LogP contribution in [0.4, 0.5) is 0 Å². The maximum absolute atomic E-state index is 5.39. The Hall–Kier alpha value is -0.830. The van der Waals surface area contributed by atoms with Crippen molar-refractivity contribution in [3.8, 4) is 0 Å². The van der Waals surface area contributed by atoms with Crippen LogP contribution in [0.25, 0.3) is 0 Å². The van der Waals surface area contributed by atoms with Gasteiger partial charge in [0.2, 0.25) is 0 Å². The second-order valence-electron chi connectivity index (χ2n) is 4.05. The van der Waals surface area contributed by atoms with Gasteiger partial charge in [0.15, 0.2) is 5.89 Å². The largest absolute Gasteiger partial charge is 0.449 e. The van der Waals surface area contributed by atoms with Crippen molar-refractivity contribution in [2.45, 2.75) is 26.2 Å². The zero-order valence-electron chi connectivity index (χ0n) is 8.21. The number of hydrogen-bond acceptors (Lipinski definition) is 3. The molecule has 1 aromatic rings. The fourth-order valence-electron chi connectivity index (χ4n) is 1.42. The normalized spacial score (nSPS) is 17.8. The van der Waals surface area contributed by atoms with Crippen molar-refractivity contribution in [2.24, 2.45) is 5.92 Å². The summed E-state index contributed by atoms with van der Waals surface area (Å²) < 4.78 is 5.39. The molecular weight excluding hydrogens is 164 g/mol. The van der Waals surface area contributed by atoms with Gasteiger partial charge in [0.25, 0.3) is 0 Å². The number of nitrogens with one attached hydrogen (secondary N) is 1. The highest BCUT2D eigenvalue weighted by molar-refractivity contribution is 5.02. The molecule has 1 aliphatic heterocycles. The summed E-state index contributed by atoms with van der Waals surface area (Å²) in [6.07, 6.45) is 2.77. The van der Waals surface area contributed by atoms with Gasteiger partial charge >= 0.3 is 0 Å². The van der Waals surface area contributed by atoms with Crippen molar-refractivity contribution in [1.29, 1.82) is 0 Å². The molecule has 72 valence electrons. The molecule has 0 amide bonds. The molecule has 3 heteroatoms. The highest BCUT2D eigenvalue weighted by Crippen LogP contribution is 2.16. The van der Waals surface area contributed by atoms with Gasteiger partial charge in [-0.25, -0.2) is 4.98 Å². The lowest BCUT2D eigenvalue weighted by Crippen LogP contribution is -2.43. The molecule has 1 saturated heterocycles. The maximum atomic E-state index is 5.39. The van der Waals surface area contributed by atoms with Crippen molar-refractivity contribution in [1.82, 2.24) is 10.3 Å². The average Bonchev–Trinajstić information content (AvgIpc) is 2.44. The van der Waals surface area contributed by atoms with E-state index in [2.05, 4.69) is 24.1 Å². The topological polar surface area (TPSA) is 38.1 Å². The molecule has 0 aliphatic carbocycles. The van der Waals surface area contributed by atoms with Gasteiger partial charge in [-0.1, -0.05) is 13.8 Å². The van der Waals surface area contributed by atoms with Crippen molar-refractivity contribution < 1.29 is 4.42 Å². The molecular formula is C10H16N2O. The second kappa shape index (κ2) is 3.50. The summed E-state index contributed by atoms with van der Waals surface area (Å²) in [4.78, 5) is 4.44. The highest BCUT2D eigenvalue weighted by atomic mass is 16.3. The Labute approximate surface area is 78.5 Å². The third-order valence-corrected chi connectivity index (χ3v) is 2.49. The van der Waals surface area contributed by atoms with Crippen LogP contribution >= 0.6 is 0 Å². The summed E-state index contributed by atoms with van der Waals surface area (Å²) >= 11 is 0. The van der Waals surface area contributed by atoms with E-state index in [9.17, 15) is 0 Å². The van der Waals surface area contributed by atoms with Crippen LogP contribution in [0, 0.1) is 5.92 Å². The fraction of sp³-hybridized carbons (Fsp3) is 0.700. The first-order chi connectivity index (χ1) is 6.25. The Morgan fingerprint density at radius 1 is 1.62 bits per heavy atom. The van der Waals surface area contributed by atoms with E-state index in [0.29, 0.717) is 5.92 Å². The van der Waals surface area contributed by atoms with Gasteiger partial charge in [-0.05, 0) is 24.9 Å². The van der Waals surface area contributed by atoms with Crippen LogP contribution < -0.4 is 5.32 Å². The summed E-state index contributed by atoms with van der Waals surface area (Å²) in [5.74, 6) is 2.10. The first kappa shape index (κ1) is 8.75. The van der Waals surface area contributed by atoms with E-state index < -0.39 is 0 Å². The molecule has 0 aromatic carbocycles. The number of nitrogens with zero attached hydrogens (tertiary/aromatic N) is 1. The lowest BCUT2D eigenvalue weighted by Gasteiger charge is -2.25. The zero-order chi connectivity index (χ0) is 9.26. The van der Waals surface area contributed by atoms with Crippen LogP contribution in [0.2, 0.25) is 0 Å². The molecule has 1 aromatic heterocycles. The van der Waals surface area contributed by atoms with Gasteiger partial charge in [-0.3, -0.25) is 0 Å². The lowest BCUT2D eigenvalue weighted by molar-refractivity contribution is 0.318. The van der Waals surface area contributed by atoms with Crippen LogP contribution in [0.15, 0.2) is 10.7 Å². The Kier molecular flexibility index (Phi) is 2.36. The van der Waals surface area contributed by atoms with E-state index >= 15 is 0 Å². The number of hydrogen-bond donors (Lipinski definition) is 1. The predicted octanol–water partition coefficient (Wildman–Crippen LogP) is 1.56. The van der Waals surface area contributed by atoms with Crippen LogP contribution in [0.3, 0.4) is 0 Å². The smallest absolute Gasteiger partial charge is 0.194 e. The van der Waals surface area contributed by atoms with Gasteiger partial charge < -0.3 is 9.73 Å². The van der Waals surface area contributed by atoms with E-state index in [-0.39, 0.29) is 0 Å². The molecule has 2 heterocycles. The quantitative estimate of drug-likeness (QED) is 0.767. The molecule has 0 unspecified atom stereocenters. The number of rotatable bonds is 3. The molecule has 0 radical (unpaired) electrons. The molecule has 0 saturated carbocycles. The molecule has 13 heavy (non-hydrogen) atoms. The minimum absolute atomic E-state index is 0.469. The molecule has 0 atom stereocenters. The van der Waals surface area contributed by atoms with E-state index in [0.717, 1.165) is 37.0 Å². The van der Waals surface area contributed by atoms with Crippen molar-refractivity contribution in [3.63, 3.8) is 0 Å². The Morgan fingerprint density at radius 3 is 2.85 bits per heavy atom. The van der Waals surface area contributed by atoms with Crippen LogP contribution in [0.5, 0.6) is 0 Å². The van der Waals surface area contributed by atoms with Crippen LogP contribution in [-0.4, -0.2) is 18.1 Å². The van der Waals surface area contributed by atoms with Gasteiger partial charge in [0.05, 0.1) is 5.69 Å². The van der Waals surface area contributed by atoms with Gasteiger partial charge in [-0.2, -0.15) is 0 Å². The maximum Gasteiger partial charge on any atom is 0.194 e. The Morgan fingerprint density at radius 2 is 2.38 bits per heavy atom. The number of aromatic nitrogens is 1. The second-order valence-corrected chi connectivity index (χ2v) is 4.05. The van der Waals surface area contributed by atoms with E-state index in [1.54, 1.807) is 6.26 Å². The van der Waals surface area contributed by atoms with E-state index in [1.165, 1.54) is 0 Å². The Balaban J connectivity index is 1.96. The zero-order valence-corrected chi connectivity index (χ0v) is 8.21. The first-order valence-corrected chi connectivity index (χ1v) is 4.90. The molecule has 0 spiro atoms. The summed E-state index contributed by atoms with van der Waals surface area (Å²) in [7, 11) is 0. The Bertz CT molecular complexity index is 276. The average molecular weight is 180 g/mol. The third-order valence-electron chi connectivity index (χ3n) is 2.49.